The number of rotatable bonds is 12. The van der Waals surface area contributed by atoms with E-state index >= 15 is 0 Å². The van der Waals surface area contributed by atoms with Gasteiger partial charge in [0.05, 0.1) is 17.9 Å². The van der Waals surface area contributed by atoms with E-state index in [2.05, 4.69) is 151 Å². The minimum absolute atomic E-state index is 0.450. The van der Waals surface area contributed by atoms with E-state index in [0.29, 0.717) is 23.5 Å². The molecule has 2 aliphatic heterocycles. The molecule has 2 aliphatic rings. The topological polar surface area (TPSA) is 53.6 Å². The lowest BCUT2D eigenvalue weighted by molar-refractivity contribution is 0.773. The van der Waals surface area contributed by atoms with E-state index in [1.54, 1.807) is 0 Å². The van der Waals surface area contributed by atoms with Crippen LogP contribution in [-0.4, -0.2) is 17.6 Å². The van der Waals surface area contributed by atoms with Crippen molar-refractivity contribution in [2.75, 3.05) is 11.4 Å². The van der Waals surface area contributed by atoms with Crippen LogP contribution in [-0.2, 0) is 0 Å². The number of allylic oxidation sites excluding steroid dienone is 3. The Bertz CT molecular complexity index is 1960. The first kappa shape index (κ1) is 33.9. The number of benzene rings is 4. The molecule has 49 heavy (non-hydrogen) atoms. The van der Waals surface area contributed by atoms with Crippen LogP contribution in [0.25, 0.3) is 29.4 Å². The molecule has 1 unspecified atom stereocenters. The van der Waals surface area contributed by atoms with Crippen LogP contribution in [0.2, 0.25) is 0 Å². The molecule has 0 radical (unpaired) electrons. The molecule has 0 spiro atoms. The zero-order chi connectivity index (χ0) is 34.2. The van der Waals surface area contributed by atoms with Crippen molar-refractivity contribution in [3.63, 3.8) is 0 Å². The van der Waals surface area contributed by atoms with E-state index in [9.17, 15) is 0 Å². The fourth-order valence-electron chi connectivity index (χ4n) is 6.39. The largest absolute Gasteiger partial charge is 0.382 e. The molecule has 0 bridgehead atoms. The van der Waals surface area contributed by atoms with Crippen molar-refractivity contribution in [3.8, 4) is 11.1 Å². The number of unbranched alkanes of at least 4 members (excludes halogenated alkanes) is 1. The number of hydrazone groups is 1. The zero-order valence-electron chi connectivity index (χ0n) is 28.8. The fourth-order valence-corrected chi connectivity index (χ4v) is 7.57. The van der Waals surface area contributed by atoms with Gasteiger partial charge in [0.25, 0.3) is 0 Å². The Hall–Kier alpha value is -5.00. The second kappa shape index (κ2) is 15.9. The van der Waals surface area contributed by atoms with Crippen LogP contribution in [0.3, 0.4) is 0 Å². The lowest BCUT2D eigenvalue weighted by atomic mass is 9.98. The molecule has 0 aromatic heterocycles. The molecule has 248 valence electrons. The fraction of sp³-hybridized carbons (Fsp3) is 0.205. The van der Waals surface area contributed by atoms with Gasteiger partial charge in [-0.25, -0.2) is 0 Å². The van der Waals surface area contributed by atoms with Gasteiger partial charge in [-0.3, -0.25) is 0 Å². The van der Waals surface area contributed by atoms with Crippen LogP contribution in [0.5, 0.6) is 0 Å². The lowest BCUT2D eigenvalue weighted by Gasteiger charge is -2.28. The summed E-state index contributed by atoms with van der Waals surface area (Å²) in [4.78, 5) is 3.68. The molecule has 6 rings (SSSR count). The van der Waals surface area contributed by atoms with Gasteiger partial charge in [0.15, 0.2) is 5.84 Å². The molecule has 5 heteroatoms. The summed E-state index contributed by atoms with van der Waals surface area (Å²) >= 11 is 1.97. The monoisotopic (exact) mass is 662 g/mol. The Kier molecular flexibility index (Phi) is 11.0. The first-order valence-electron chi connectivity index (χ1n) is 17.2. The van der Waals surface area contributed by atoms with Gasteiger partial charge in [0.1, 0.15) is 0 Å². The van der Waals surface area contributed by atoms with Gasteiger partial charge in [-0.2, -0.15) is 5.10 Å². The van der Waals surface area contributed by atoms with Gasteiger partial charge in [-0.1, -0.05) is 105 Å². The van der Waals surface area contributed by atoms with Gasteiger partial charge in [-0.05, 0) is 108 Å². The van der Waals surface area contributed by atoms with Gasteiger partial charge in [-0.15, -0.1) is 18.3 Å². The van der Waals surface area contributed by atoms with Crippen molar-refractivity contribution >= 4 is 52.9 Å². The molecule has 0 amide bonds. The predicted molar refractivity (Wildman–Crippen MR) is 215 cm³/mol. The molecule has 0 saturated heterocycles. The first-order chi connectivity index (χ1) is 23.9. The van der Waals surface area contributed by atoms with E-state index in [1.807, 2.05) is 36.9 Å². The third-order valence-corrected chi connectivity index (χ3v) is 10.0. The van der Waals surface area contributed by atoms with Gasteiger partial charge in [0.2, 0.25) is 0 Å². The summed E-state index contributed by atoms with van der Waals surface area (Å²) in [6.07, 6.45) is 20.9. The average Bonchev–Trinajstić information content (AvgIpc) is 3.28. The highest BCUT2D eigenvalue weighted by Crippen LogP contribution is 2.44. The molecule has 4 aromatic rings. The van der Waals surface area contributed by atoms with Gasteiger partial charge < -0.3 is 16.1 Å². The third kappa shape index (κ3) is 8.18. The smallest absolute Gasteiger partial charge is 0.150 e. The van der Waals surface area contributed by atoms with Crippen LogP contribution in [0.15, 0.2) is 137 Å². The van der Waals surface area contributed by atoms with E-state index in [1.165, 1.54) is 40.0 Å². The number of para-hydroxylation sites is 1. The highest BCUT2D eigenvalue weighted by Gasteiger charge is 2.21. The highest BCUT2D eigenvalue weighted by atomic mass is 32.2. The summed E-state index contributed by atoms with van der Waals surface area (Å²) in [5, 5.41) is 5.07. The van der Waals surface area contributed by atoms with Crippen molar-refractivity contribution in [1.82, 2.24) is 5.43 Å². The summed E-state index contributed by atoms with van der Waals surface area (Å²) in [7, 11) is 0. The molecule has 3 N–H and O–H groups in total. The van der Waals surface area contributed by atoms with Crippen LogP contribution in [0.4, 0.5) is 17.1 Å². The van der Waals surface area contributed by atoms with E-state index in [0.717, 1.165) is 40.2 Å². The normalized spacial score (nSPS) is 15.6. The Morgan fingerprint density at radius 2 is 1.69 bits per heavy atom. The Balaban J connectivity index is 1.29. The lowest BCUT2D eigenvalue weighted by Crippen LogP contribution is -2.21. The minimum atomic E-state index is 0.450. The summed E-state index contributed by atoms with van der Waals surface area (Å²) in [6.45, 7) is 10.9. The molecular formula is C44H46N4S. The SMILES string of the molecule is C=CCCCC1C=Cc2cc(-c3ccc4c(c3)C=Cc3ccccc3N4c3cccc(/C(N)=N/NCC(/C=C\C)=C/C(C)C)c3)ccc2S1. The van der Waals surface area contributed by atoms with Crippen molar-refractivity contribution in [2.45, 2.75) is 50.2 Å². The average molecular weight is 663 g/mol. The van der Waals surface area contributed by atoms with Crippen molar-refractivity contribution in [3.05, 3.63) is 150 Å². The number of nitrogens with zero attached hydrogens (tertiary/aromatic N) is 2. The first-order valence-corrected chi connectivity index (χ1v) is 18.1. The molecule has 1 atom stereocenters. The standard InChI is InChI=1S/C44H46N4S/c1-5-7-8-16-40-23-20-37-28-35(22-25-43(37)49-40)34-21-24-42-36(27-34)19-18-33-13-9-10-17-41(33)48(42)39-15-11-14-38(29-39)44(45)47-46-30-32(12-6-2)26-31(3)4/h5-6,9-15,17-29,31,40,46H,1,7-8,16,30H2,2-4H3,(H2,45,47)/b12-6-,32-26+. The number of hydrogen-bond acceptors (Lipinski definition) is 4. The molecule has 0 aliphatic carbocycles. The summed E-state index contributed by atoms with van der Waals surface area (Å²) < 4.78 is 0. The third-order valence-electron chi connectivity index (χ3n) is 8.71. The zero-order valence-corrected chi connectivity index (χ0v) is 29.6. The van der Waals surface area contributed by atoms with Crippen molar-refractivity contribution in [2.24, 2.45) is 16.8 Å². The van der Waals surface area contributed by atoms with Gasteiger partial charge in [0, 0.05) is 21.4 Å². The maximum Gasteiger partial charge on any atom is 0.150 e. The highest BCUT2D eigenvalue weighted by molar-refractivity contribution is 8.00. The summed E-state index contributed by atoms with van der Waals surface area (Å²) in [5.74, 6) is 0.904. The van der Waals surface area contributed by atoms with E-state index in [4.69, 9.17) is 5.73 Å². The second-order valence-corrected chi connectivity index (χ2v) is 14.1. The number of anilines is 3. The number of fused-ring (bicyclic) bond motifs is 3. The molecule has 4 aromatic carbocycles. The molecule has 4 nitrogen and oxygen atoms in total. The van der Waals surface area contributed by atoms with Crippen molar-refractivity contribution in [1.29, 1.82) is 0 Å². The molecule has 0 saturated carbocycles. The van der Waals surface area contributed by atoms with Crippen LogP contribution >= 0.6 is 11.8 Å². The summed E-state index contributed by atoms with van der Waals surface area (Å²) in [5.41, 5.74) is 21.0. The molecule has 0 fully saturated rings. The number of nitrogens with one attached hydrogen (secondary N) is 1. The summed E-state index contributed by atoms with van der Waals surface area (Å²) in [6, 6.07) is 30.5. The quantitative estimate of drug-likeness (QED) is 0.0349. The Labute approximate surface area is 296 Å². The Morgan fingerprint density at radius 1 is 0.918 bits per heavy atom. The maximum atomic E-state index is 6.55. The predicted octanol–water partition coefficient (Wildman–Crippen LogP) is 11.5. The van der Waals surface area contributed by atoms with Crippen LogP contribution < -0.4 is 16.1 Å². The van der Waals surface area contributed by atoms with Crippen molar-refractivity contribution < 1.29 is 0 Å². The number of thioether (sulfide) groups is 1. The van der Waals surface area contributed by atoms with E-state index < -0.39 is 0 Å². The second-order valence-electron chi connectivity index (χ2n) is 12.9. The number of nitrogens with two attached hydrogens (primary N) is 1. The van der Waals surface area contributed by atoms with Crippen LogP contribution in [0.1, 0.15) is 62.3 Å². The van der Waals surface area contributed by atoms with Gasteiger partial charge >= 0.3 is 0 Å². The maximum absolute atomic E-state index is 6.55. The number of amidine groups is 1. The molecule has 2 heterocycles. The van der Waals surface area contributed by atoms with E-state index in [-0.39, 0.29) is 0 Å². The Morgan fingerprint density at radius 3 is 2.51 bits per heavy atom. The van der Waals surface area contributed by atoms with Crippen LogP contribution in [0, 0.1) is 5.92 Å². The molecular weight excluding hydrogens is 617 g/mol. The minimum Gasteiger partial charge on any atom is -0.382 e. The number of hydrogen-bond donors (Lipinski definition) is 2.